The van der Waals surface area contributed by atoms with Gasteiger partial charge in [-0.05, 0) is 25.0 Å². The summed E-state index contributed by atoms with van der Waals surface area (Å²) in [6.45, 7) is 1.07. The smallest absolute Gasteiger partial charge is 0.450 e. The Hall–Kier alpha value is -2.84. The second-order valence-corrected chi connectivity index (χ2v) is 6.71. The third-order valence-corrected chi connectivity index (χ3v) is 4.90. The molecule has 1 unspecified atom stereocenters. The Morgan fingerprint density at radius 2 is 2.08 bits per heavy atom. The highest BCUT2D eigenvalue weighted by atomic mass is 19.1. The average molecular weight is 365 g/mol. The second kappa shape index (κ2) is 6.15. The van der Waals surface area contributed by atoms with Gasteiger partial charge in [-0.15, -0.1) is 0 Å². The van der Waals surface area contributed by atoms with Gasteiger partial charge in [-0.1, -0.05) is 0 Å². The van der Waals surface area contributed by atoms with Crippen molar-refractivity contribution in [1.29, 1.82) is 0 Å². The van der Waals surface area contributed by atoms with Crippen LogP contribution in [0.15, 0.2) is 12.1 Å². The predicted octanol–water partition coefficient (Wildman–Crippen LogP) is 0.990. The van der Waals surface area contributed by atoms with Crippen molar-refractivity contribution < 1.29 is 28.6 Å². The molecule has 2 N–H and O–H groups in total. The molecule has 9 heteroatoms. The lowest BCUT2D eigenvalue weighted by Crippen LogP contribution is -2.48. The van der Waals surface area contributed by atoms with Gasteiger partial charge in [0, 0.05) is 24.7 Å². The molecule has 138 valence electrons. The van der Waals surface area contributed by atoms with E-state index in [9.17, 15) is 18.8 Å². The molecule has 1 saturated carbocycles. The number of Topliss-reactive ketones (excluding diaryl/α,β-unsaturated/α-hetero) is 1. The zero-order valence-corrected chi connectivity index (χ0v) is 13.9. The number of hydrogen-bond acceptors (Lipinski definition) is 6. The molecule has 2 heterocycles. The van der Waals surface area contributed by atoms with Crippen LogP contribution in [0.2, 0.25) is 0 Å². The Labute approximate surface area is 148 Å². The van der Waals surface area contributed by atoms with Gasteiger partial charge < -0.3 is 25.0 Å². The average Bonchev–Trinajstić information content (AvgIpc) is 3.42. The standard InChI is InChI=1S/C17H18FN3O5/c18-11-5-10-12(6-13(11)20-4-3-19-15(22)8-20)21(9-1-2-9)7-14(16(10)23)26-17(24)25/h5-6,9,14H,1-4,7-8H2,(H,19,22)(H,24,25)/i9+2. The van der Waals surface area contributed by atoms with Gasteiger partial charge in [0.05, 0.1) is 24.5 Å². The molecule has 1 aromatic rings. The molecule has 26 heavy (non-hydrogen) atoms. The zero-order chi connectivity index (χ0) is 18.4. The lowest BCUT2D eigenvalue weighted by molar-refractivity contribution is -0.120. The van der Waals surface area contributed by atoms with Crippen LogP contribution in [0.4, 0.5) is 20.6 Å². The molecule has 3 aliphatic rings. The number of anilines is 2. The molecule has 1 aliphatic carbocycles. The monoisotopic (exact) mass is 365 g/mol. The summed E-state index contributed by atoms with van der Waals surface area (Å²) in [5, 5.41) is 11.5. The van der Waals surface area contributed by atoms with Gasteiger partial charge in [-0.3, -0.25) is 9.59 Å². The summed E-state index contributed by atoms with van der Waals surface area (Å²) in [5.41, 5.74) is 0.969. The summed E-state index contributed by atoms with van der Waals surface area (Å²) in [7, 11) is 0. The van der Waals surface area contributed by atoms with Crippen LogP contribution in [0.25, 0.3) is 0 Å². The molecule has 8 nitrogen and oxygen atoms in total. The van der Waals surface area contributed by atoms with Gasteiger partial charge in [0.2, 0.25) is 11.7 Å². The molecule has 0 radical (unpaired) electrons. The van der Waals surface area contributed by atoms with E-state index in [0.717, 1.165) is 18.9 Å². The molecule has 0 spiro atoms. The second-order valence-electron chi connectivity index (χ2n) is 6.71. The fourth-order valence-corrected chi connectivity index (χ4v) is 3.55. The van der Waals surface area contributed by atoms with Gasteiger partial charge >= 0.3 is 6.16 Å². The van der Waals surface area contributed by atoms with E-state index in [-0.39, 0.29) is 36.3 Å². The molecule has 2 aliphatic heterocycles. The SMILES string of the molecule is O=C1CN(c2cc3c(cc2F)C(=O)C(OC(=O)O)CN3[14CH]2CC2)CCN1. The number of nitrogens with zero attached hydrogens (tertiary/aromatic N) is 2. The molecule has 4 rings (SSSR count). The van der Waals surface area contributed by atoms with E-state index in [0.29, 0.717) is 18.8 Å². The van der Waals surface area contributed by atoms with E-state index in [4.69, 9.17) is 9.84 Å². The highest BCUT2D eigenvalue weighted by Crippen LogP contribution is 2.40. The summed E-state index contributed by atoms with van der Waals surface area (Å²) in [5.74, 6) is -1.34. The van der Waals surface area contributed by atoms with Crippen LogP contribution in [-0.4, -0.2) is 61.3 Å². The Bertz CT molecular complexity index is 795. The largest absolute Gasteiger partial charge is 0.506 e. The number of carbonyl (C=O) groups excluding carboxylic acids is 2. The van der Waals surface area contributed by atoms with E-state index < -0.39 is 23.9 Å². The lowest BCUT2D eigenvalue weighted by Gasteiger charge is -2.36. The van der Waals surface area contributed by atoms with E-state index in [2.05, 4.69) is 5.32 Å². The molecule has 1 saturated heterocycles. The number of carboxylic acid groups (broad SMARTS) is 1. The van der Waals surface area contributed by atoms with Gasteiger partial charge in [0.25, 0.3) is 0 Å². The number of rotatable bonds is 3. The number of halogens is 1. The summed E-state index contributed by atoms with van der Waals surface area (Å²) in [4.78, 5) is 38.6. The number of amides is 1. The first kappa shape index (κ1) is 16.6. The van der Waals surface area contributed by atoms with E-state index in [1.165, 1.54) is 0 Å². The van der Waals surface area contributed by atoms with Crippen LogP contribution in [0.3, 0.4) is 0 Å². The summed E-state index contributed by atoms with van der Waals surface area (Å²) >= 11 is 0. The van der Waals surface area contributed by atoms with Gasteiger partial charge in [0.15, 0.2) is 6.10 Å². The van der Waals surface area contributed by atoms with Crippen molar-refractivity contribution in [2.45, 2.75) is 25.0 Å². The topological polar surface area (TPSA) is 99.2 Å². The van der Waals surface area contributed by atoms with Crippen molar-refractivity contribution in [3.05, 3.63) is 23.5 Å². The van der Waals surface area contributed by atoms with Crippen LogP contribution >= 0.6 is 0 Å². The number of ether oxygens (including phenoxy) is 1. The van der Waals surface area contributed by atoms with Crippen LogP contribution in [0.1, 0.15) is 23.2 Å². The third-order valence-electron chi connectivity index (χ3n) is 4.90. The first-order valence-electron chi connectivity index (χ1n) is 8.49. The molecular weight excluding hydrogens is 347 g/mol. The summed E-state index contributed by atoms with van der Waals surface area (Å²) in [6.07, 6.45) is -0.844. The van der Waals surface area contributed by atoms with Crippen molar-refractivity contribution in [2.75, 3.05) is 36.0 Å². The zero-order valence-electron chi connectivity index (χ0n) is 13.9. The Kier molecular flexibility index (Phi) is 3.93. The molecule has 2 fully saturated rings. The van der Waals surface area contributed by atoms with Gasteiger partial charge in [-0.25, -0.2) is 9.18 Å². The quantitative estimate of drug-likeness (QED) is 0.771. The molecule has 1 atom stereocenters. The number of fused-ring (bicyclic) bond motifs is 1. The molecule has 0 aromatic heterocycles. The molecule has 1 aromatic carbocycles. The predicted molar refractivity (Wildman–Crippen MR) is 89.2 cm³/mol. The maximum Gasteiger partial charge on any atom is 0.506 e. The fourth-order valence-electron chi connectivity index (χ4n) is 3.55. The minimum absolute atomic E-state index is 0.0534. The summed E-state index contributed by atoms with van der Waals surface area (Å²) < 4.78 is 19.4. The first-order chi connectivity index (χ1) is 12.4. The van der Waals surface area contributed by atoms with E-state index in [1.807, 2.05) is 4.90 Å². The third kappa shape index (κ3) is 2.93. The highest BCUT2D eigenvalue weighted by Gasteiger charge is 2.41. The number of carbonyl (C=O) groups is 3. The van der Waals surface area contributed by atoms with Crippen LogP contribution in [0, 0.1) is 5.82 Å². The van der Waals surface area contributed by atoms with Crippen molar-refractivity contribution in [1.82, 2.24) is 5.32 Å². The number of piperazine rings is 1. The lowest BCUT2D eigenvalue weighted by atomic mass is 9.98. The van der Waals surface area contributed by atoms with Crippen molar-refractivity contribution in [3.63, 3.8) is 0 Å². The van der Waals surface area contributed by atoms with E-state index >= 15 is 0 Å². The molecular formula is C17H18FN3O5. The van der Waals surface area contributed by atoms with Crippen molar-refractivity contribution in [3.8, 4) is 0 Å². The van der Waals surface area contributed by atoms with Gasteiger partial charge in [-0.2, -0.15) is 0 Å². The maximum absolute atomic E-state index is 14.7. The maximum atomic E-state index is 14.7. The van der Waals surface area contributed by atoms with Crippen LogP contribution in [0.5, 0.6) is 0 Å². The Morgan fingerprint density at radius 3 is 2.73 bits per heavy atom. The number of hydrogen-bond donors (Lipinski definition) is 2. The number of nitrogens with one attached hydrogen (secondary N) is 1. The number of benzene rings is 1. The Morgan fingerprint density at radius 1 is 1.31 bits per heavy atom. The minimum atomic E-state index is -1.53. The van der Waals surface area contributed by atoms with Crippen molar-refractivity contribution >= 4 is 29.2 Å². The molecule has 0 bridgehead atoms. The van der Waals surface area contributed by atoms with Crippen molar-refractivity contribution in [2.24, 2.45) is 0 Å². The van der Waals surface area contributed by atoms with Crippen LogP contribution in [-0.2, 0) is 9.53 Å². The molecule has 1 amide bonds. The first-order valence-corrected chi connectivity index (χ1v) is 8.49. The number of ketones is 1. The summed E-state index contributed by atoms with van der Waals surface area (Å²) in [6, 6.07) is 2.91. The normalized spacial score (nSPS) is 22.7. The fraction of sp³-hybridized carbons (Fsp3) is 0.471. The van der Waals surface area contributed by atoms with Crippen LogP contribution < -0.4 is 15.1 Å². The highest BCUT2D eigenvalue weighted by molar-refractivity contribution is 6.07. The Balaban J connectivity index is 1.73. The van der Waals surface area contributed by atoms with Gasteiger partial charge in [0.1, 0.15) is 5.82 Å². The minimum Gasteiger partial charge on any atom is -0.450 e. The van der Waals surface area contributed by atoms with E-state index in [1.54, 1.807) is 11.0 Å².